The monoisotopic (exact) mass is 184 g/mol. The first kappa shape index (κ1) is 12.2. The lowest BCUT2D eigenvalue weighted by Crippen LogP contribution is -2.49. The van der Waals surface area contributed by atoms with Crippen molar-refractivity contribution in [3.8, 4) is 0 Å². The topological polar surface area (TPSA) is 23.6 Å². The zero-order valence-electron chi connectivity index (χ0n) is 9.08. The van der Waals surface area contributed by atoms with Crippen LogP contribution in [-0.4, -0.2) is 35.1 Å². The van der Waals surface area contributed by atoms with Crippen molar-refractivity contribution < 1.29 is 4.79 Å². The van der Waals surface area contributed by atoms with Gasteiger partial charge >= 0.3 is 0 Å². The summed E-state index contributed by atoms with van der Waals surface area (Å²) in [6, 6.07) is 0.186. The largest absolute Gasteiger partial charge is 0.269 e. The van der Waals surface area contributed by atoms with Crippen molar-refractivity contribution >= 4 is 5.91 Å². The number of hydrogen-bond donors (Lipinski definition) is 0. The first-order valence-corrected chi connectivity index (χ1v) is 4.78. The molecule has 0 radical (unpaired) electrons. The molecular weight excluding hydrogens is 164 g/mol. The zero-order chi connectivity index (χ0) is 10.4. The fourth-order valence-corrected chi connectivity index (χ4v) is 1.34. The molecular formula is C10H20N2O. The first-order valence-electron chi connectivity index (χ1n) is 4.78. The third kappa shape index (κ3) is 3.19. The van der Waals surface area contributed by atoms with Crippen LogP contribution in [0.25, 0.3) is 0 Å². The Bertz CT molecular complexity index is 174. The molecule has 0 fully saturated rings. The van der Waals surface area contributed by atoms with E-state index in [4.69, 9.17) is 0 Å². The Morgan fingerprint density at radius 3 is 2.08 bits per heavy atom. The standard InChI is InChI=1S/C10H20N2O/c1-6-10(13)12(9(4)5)11(7-2)8-3/h6,9H,1,7-8H2,2-5H3. The van der Waals surface area contributed by atoms with Crippen LogP contribution in [-0.2, 0) is 4.79 Å². The maximum Gasteiger partial charge on any atom is 0.260 e. The van der Waals surface area contributed by atoms with Gasteiger partial charge in [0.1, 0.15) is 0 Å². The zero-order valence-corrected chi connectivity index (χ0v) is 9.08. The second kappa shape index (κ2) is 5.75. The van der Waals surface area contributed by atoms with Crippen molar-refractivity contribution in [1.29, 1.82) is 0 Å². The van der Waals surface area contributed by atoms with Gasteiger partial charge in [0.15, 0.2) is 0 Å². The second-order valence-corrected chi connectivity index (χ2v) is 3.12. The molecule has 0 saturated heterocycles. The molecule has 3 heteroatoms. The molecule has 13 heavy (non-hydrogen) atoms. The summed E-state index contributed by atoms with van der Waals surface area (Å²) in [4.78, 5) is 11.5. The molecule has 3 nitrogen and oxygen atoms in total. The third-order valence-electron chi connectivity index (χ3n) is 1.92. The molecule has 0 heterocycles. The Morgan fingerprint density at radius 1 is 1.38 bits per heavy atom. The van der Waals surface area contributed by atoms with Crippen LogP contribution >= 0.6 is 0 Å². The van der Waals surface area contributed by atoms with E-state index in [1.807, 2.05) is 32.7 Å². The number of carbonyl (C=O) groups is 1. The van der Waals surface area contributed by atoms with E-state index >= 15 is 0 Å². The van der Waals surface area contributed by atoms with Gasteiger partial charge in [-0.25, -0.2) is 5.01 Å². The molecule has 0 aliphatic rings. The Labute approximate surface area is 81.0 Å². The molecule has 1 amide bonds. The number of hydrogen-bond acceptors (Lipinski definition) is 2. The minimum Gasteiger partial charge on any atom is -0.269 e. The van der Waals surface area contributed by atoms with Crippen molar-refractivity contribution in [1.82, 2.24) is 10.0 Å². The van der Waals surface area contributed by atoms with Gasteiger partial charge in [0, 0.05) is 19.1 Å². The normalized spacial score (nSPS) is 10.6. The van der Waals surface area contributed by atoms with Crippen molar-refractivity contribution in [2.24, 2.45) is 0 Å². The molecule has 0 saturated carbocycles. The Hall–Kier alpha value is -0.830. The predicted molar refractivity (Wildman–Crippen MR) is 55.1 cm³/mol. The third-order valence-corrected chi connectivity index (χ3v) is 1.92. The Morgan fingerprint density at radius 2 is 1.85 bits per heavy atom. The lowest BCUT2D eigenvalue weighted by Gasteiger charge is -2.35. The van der Waals surface area contributed by atoms with Crippen LogP contribution in [0, 0.1) is 0 Å². The van der Waals surface area contributed by atoms with Crippen molar-refractivity contribution in [2.45, 2.75) is 33.7 Å². The van der Waals surface area contributed by atoms with Crippen LogP contribution in [0.3, 0.4) is 0 Å². The molecule has 0 aromatic rings. The SMILES string of the molecule is C=CC(=O)N(C(C)C)N(CC)CC. The molecule has 0 aliphatic carbocycles. The van der Waals surface area contributed by atoms with Gasteiger partial charge in [-0.3, -0.25) is 9.80 Å². The summed E-state index contributed by atoms with van der Waals surface area (Å²) in [7, 11) is 0. The highest BCUT2D eigenvalue weighted by Crippen LogP contribution is 2.05. The summed E-state index contributed by atoms with van der Waals surface area (Å²) < 4.78 is 0. The minimum atomic E-state index is -0.0290. The first-order chi connectivity index (χ1) is 6.08. The number of rotatable bonds is 5. The highest BCUT2D eigenvalue weighted by molar-refractivity contribution is 5.86. The molecule has 0 unspecified atom stereocenters. The molecule has 76 valence electrons. The van der Waals surface area contributed by atoms with E-state index in [0.29, 0.717) is 0 Å². The number of carbonyl (C=O) groups excluding carboxylic acids is 1. The molecule has 0 atom stereocenters. The predicted octanol–water partition coefficient (Wildman–Crippen LogP) is 1.67. The maximum absolute atomic E-state index is 11.5. The van der Waals surface area contributed by atoms with Gasteiger partial charge in [0.05, 0.1) is 0 Å². The molecule has 0 aromatic heterocycles. The quantitative estimate of drug-likeness (QED) is 0.479. The minimum absolute atomic E-state index is 0.0290. The van der Waals surface area contributed by atoms with Gasteiger partial charge < -0.3 is 0 Å². The van der Waals surface area contributed by atoms with Gasteiger partial charge in [-0.15, -0.1) is 0 Å². The summed E-state index contributed by atoms with van der Waals surface area (Å²) in [5.41, 5.74) is 0. The van der Waals surface area contributed by atoms with E-state index in [9.17, 15) is 4.79 Å². The fraction of sp³-hybridized carbons (Fsp3) is 0.700. The summed E-state index contributed by atoms with van der Waals surface area (Å²) in [6.07, 6.45) is 1.36. The summed E-state index contributed by atoms with van der Waals surface area (Å²) in [5.74, 6) is -0.0290. The van der Waals surface area contributed by atoms with Crippen molar-refractivity contribution in [3.05, 3.63) is 12.7 Å². The Kier molecular flexibility index (Phi) is 5.39. The van der Waals surface area contributed by atoms with E-state index in [0.717, 1.165) is 13.1 Å². The van der Waals surface area contributed by atoms with Gasteiger partial charge in [0.2, 0.25) is 0 Å². The van der Waals surface area contributed by atoms with Crippen molar-refractivity contribution in [2.75, 3.05) is 13.1 Å². The van der Waals surface area contributed by atoms with Crippen LogP contribution in [0.1, 0.15) is 27.7 Å². The number of amides is 1. The van der Waals surface area contributed by atoms with Crippen LogP contribution in [0.5, 0.6) is 0 Å². The summed E-state index contributed by atoms with van der Waals surface area (Å²) >= 11 is 0. The number of hydrazine groups is 1. The molecule has 0 aliphatic heterocycles. The second-order valence-electron chi connectivity index (χ2n) is 3.12. The Balaban J connectivity index is 4.57. The highest BCUT2D eigenvalue weighted by atomic mass is 16.2. The fourth-order valence-electron chi connectivity index (χ4n) is 1.34. The van der Waals surface area contributed by atoms with Gasteiger partial charge in [-0.05, 0) is 19.9 Å². The summed E-state index contributed by atoms with van der Waals surface area (Å²) in [6.45, 7) is 13.3. The maximum atomic E-state index is 11.5. The van der Waals surface area contributed by atoms with Crippen LogP contribution in [0.2, 0.25) is 0 Å². The molecule has 0 aromatic carbocycles. The lowest BCUT2D eigenvalue weighted by atomic mass is 10.3. The van der Waals surface area contributed by atoms with Crippen LogP contribution in [0.15, 0.2) is 12.7 Å². The van der Waals surface area contributed by atoms with Gasteiger partial charge in [-0.2, -0.15) is 0 Å². The van der Waals surface area contributed by atoms with E-state index < -0.39 is 0 Å². The molecule has 0 bridgehead atoms. The van der Waals surface area contributed by atoms with Gasteiger partial charge in [-0.1, -0.05) is 20.4 Å². The van der Waals surface area contributed by atoms with Crippen LogP contribution < -0.4 is 0 Å². The molecule has 0 spiro atoms. The smallest absolute Gasteiger partial charge is 0.260 e. The average Bonchev–Trinajstić information content (AvgIpc) is 2.12. The molecule has 0 rings (SSSR count). The number of nitrogens with zero attached hydrogens (tertiary/aromatic N) is 2. The van der Waals surface area contributed by atoms with E-state index in [-0.39, 0.29) is 11.9 Å². The van der Waals surface area contributed by atoms with Gasteiger partial charge in [0.25, 0.3) is 5.91 Å². The lowest BCUT2D eigenvalue weighted by molar-refractivity contribution is -0.147. The van der Waals surface area contributed by atoms with Crippen LogP contribution in [0.4, 0.5) is 0 Å². The van der Waals surface area contributed by atoms with Crippen molar-refractivity contribution in [3.63, 3.8) is 0 Å². The van der Waals surface area contributed by atoms with E-state index in [1.165, 1.54) is 6.08 Å². The van der Waals surface area contributed by atoms with E-state index in [1.54, 1.807) is 5.01 Å². The average molecular weight is 184 g/mol. The molecule has 0 N–H and O–H groups in total. The summed E-state index contributed by atoms with van der Waals surface area (Å²) in [5, 5.41) is 3.75. The highest BCUT2D eigenvalue weighted by Gasteiger charge is 2.19. The van der Waals surface area contributed by atoms with E-state index in [2.05, 4.69) is 6.58 Å².